The van der Waals surface area contributed by atoms with E-state index in [1.807, 2.05) is 0 Å². The minimum absolute atomic E-state index is 0.0884. The van der Waals surface area contributed by atoms with E-state index in [1.165, 1.54) is 55.3 Å². The van der Waals surface area contributed by atoms with E-state index in [0.717, 1.165) is 19.6 Å². The Kier molecular flexibility index (Phi) is 6.31. The van der Waals surface area contributed by atoms with E-state index in [2.05, 4.69) is 9.62 Å². The van der Waals surface area contributed by atoms with Crippen molar-refractivity contribution in [1.82, 2.24) is 9.80 Å². The van der Waals surface area contributed by atoms with Crippen LogP contribution in [0.5, 0.6) is 0 Å². The maximum atomic E-state index is 13.8. The largest absolute Gasteiger partial charge is 0.340 e. The van der Waals surface area contributed by atoms with Crippen molar-refractivity contribution in [2.24, 2.45) is 0 Å². The summed E-state index contributed by atoms with van der Waals surface area (Å²) in [5.74, 6) is -0.915. The average molecular weight is 405 g/mol. The van der Waals surface area contributed by atoms with Gasteiger partial charge >= 0.3 is 0 Å². The summed E-state index contributed by atoms with van der Waals surface area (Å²) in [6.07, 6.45) is 2.37. The Labute approximate surface area is 165 Å². The Morgan fingerprint density at radius 1 is 1.14 bits per heavy atom. The van der Waals surface area contributed by atoms with Crippen molar-refractivity contribution in [3.8, 4) is 0 Å². The fourth-order valence-corrected chi connectivity index (χ4v) is 4.28. The van der Waals surface area contributed by atoms with E-state index >= 15 is 0 Å². The molecule has 8 heteroatoms. The second-order valence-electron chi connectivity index (χ2n) is 6.89. The molecule has 0 saturated carbocycles. The summed E-state index contributed by atoms with van der Waals surface area (Å²) >= 11 is 0. The predicted octanol–water partition coefficient (Wildman–Crippen LogP) is 2.79. The van der Waals surface area contributed by atoms with Gasteiger partial charge in [-0.1, -0.05) is 18.2 Å². The second-order valence-corrected chi connectivity index (χ2v) is 8.57. The van der Waals surface area contributed by atoms with Crippen molar-refractivity contribution in [1.29, 1.82) is 0 Å². The Balaban J connectivity index is 1.71. The van der Waals surface area contributed by atoms with Crippen LogP contribution in [0.1, 0.15) is 23.2 Å². The average Bonchev–Trinajstić information content (AvgIpc) is 3.21. The van der Waals surface area contributed by atoms with E-state index in [1.54, 1.807) is 18.0 Å². The number of carbonyl (C=O) groups excluding carboxylic acids is 1. The van der Waals surface area contributed by atoms with E-state index in [4.69, 9.17) is 0 Å². The molecule has 1 saturated heterocycles. The third-order valence-electron chi connectivity index (χ3n) is 4.81. The molecule has 0 aromatic heterocycles. The quantitative estimate of drug-likeness (QED) is 0.769. The maximum absolute atomic E-state index is 13.8. The highest BCUT2D eigenvalue weighted by Crippen LogP contribution is 2.20. The summed E-state index contributed by atoms with van der Waals surface area (Å²) in [6, 6.07) is 11.3. The zero-order valence-corrected chi connectivity index (χ0v) is 16.6. The van der Waals surface area contributed by atoms with Crippen LogP contribution in [0.3, 0.4) is 0 Å². The lowest BCUT2D eigenvalue weighted by molar-refractivity contribution is 0.0782. The lowest BCUT2D eigenvalue weighted by Gasteiger charge is -2.21. The third-order valence-corrected chi connectivity index (χ3v) is 6.17. The molecule has 0 spiro atoms. The van der Waals surface area contributed by atoms with E-state index in [9.17, 15) is 17.6 Å². The fourth-order valence-electron chi connectivity index (χ4n) is 3.16. The van der Waals surface area contributed by atoms with E-state index in [-0.39, 0.29) is 22.1 Å². The molecule has 150 valence electrons. The minimum atomic E-state index is -4.01. The highest BCUT2D eigenvalue weighted by molar-refractivity contribution is 7.92. The number of nitrogens with one attached hydrogen (secondary N) is 1. The number of rotatable bonds is 7. The number of hydrogen-bond acceptors (Lipinski definition) is 4. The number of likely N-dealkylation sites (tertiary alicyclic amines) is 1. The fraction of sp³-hybridized carbons (Fsp3) is 0.350. The minimum Gasteiger partial charge on any atom is -0.340 e. The zero-order chi connectivity index (χ0) is 20.1. The van der Waals surface area contributed by atoms with Gasteiger partial charge in [0.25, 0.3) is 15.9 Å². The van der Waals surface area contributed by atoms with Gasteiger partial charge in [-0.3, -0.25) is 9.52 Å². The Morgan fingerprint density at radius 3 is 2.57 bits per heavy atom. The number of likely N-dealkylation sites (N-methyl/N-ethyl adjacent to an activating group) is 1. The summed E-state index contributed by atoms with van der Waals surface area (Å²) in [4.78, 5) is 16.5. The summed E-state index contributed by atoms with van der Waals surface area (Å²) in [6.45, 7) is 3.48. The molecule has 1 fully saturated rings. The van der Waals surface area contributed by atoms with Gasteiger partial charge < -0.3 is 9.80 Å². The molecule has 0 aliphatic carbocycles. The predicted molar refractivity (Wildman–Crippen MR) is 106 cm³/mol. The number of anilines is 1. The molecule has 28 heavy (non-hydrogen) atoms. The molecule has 1 aliphatic rings. The van der Waals surface area contributed by atoms with Crippen molar-refractivity contribution in [3.05, 3.63) is 59.9 Å². The summed E-state index contributed by atoms with van der Waals surface area (Å²) in [5, 5.41) is 0. The molecule has 3 rings (SSSR count). The smallest absolute Gasteiger partial charge is 0.262 e. The molecule has 2 aromatic rings. The van der Waals surface area contributed by atoms with Gasteiger partial charge in [0.15, 0.2) is 0 Å². The number of carbonyl (C=O) groups is 1. The van der Waals surface area contributed by atoms with Gasteiger partial charge in [0.05, 0.1) is 10.6 Å². The first-order chi connectivity index (χ1) is 13.4. The van der Waals surface area contributed by atoms with Crippen LogP contribution in [0.4, 0.5) is 10.1 Å². The van der Waals surface area contributed by atoms with Crippen molar-refractivity contribution in [3.63, 3.8) is 0 Å². The van der Waals surface area contributed by atoms with Crippen molar-refractivity contribution < 1.29 is 17.6 Å². The molecule has 2 aromatic carbocycles. The first-order valence-electron chi connectivity index (χ1n) is 9.22. The number of nitrogens with zero attached hydrogens (tertiary/aromatic N) is 2. The van der Waals surface area contributed by atoms with Gasteiger partial charge in [0, 0.05) is 25.7 Å². The first kappa shape index (κ1) is 20.3. The summed E-state index contributed by atoms with van der Waals surface area (Å²) in [5.41, 5.74) is 0.141. The molecule has 0 unspecified atom stereocenters. The van der Waals surface area contributed by atoms with E-state index < -0.39 is 15.8 Å². The molecule has 6 nitrogen and oxygen atoms in total. The Hall–Kier alpha value is -2.45. The van der Waals surface area contributed by atoms with Crippen LogP contribution in [0.2, 0.25) is 0 Å². The van der Waals surface area contributed by atoms with Gasteiger partial charge in [-0.15, -0.1) is 0 Å². The van der Waals surface area contributed by atoms with Crippen LogP contribution in [0.25, 0.3) is 0 Å². The monoisotopic (exact) mass is 405 g/mol. The van der Waals surface area contributed by atoms with E-state index in [0.29, 0.717) is 6.54 Å². The standard InChI is InChI=1S/C20H24FN3O3S/c1-23(13-14-24-11-4-5-12-24)20(25)16-7-6-8-17(15-16)28(26,27)22-19-10-3-2-9-18(19)21/h2-3,6-10,15,22H,4-5,11-14H2,1H3. The molecular weight excluding hydrogens is 381 g/mol. The highest BCUT2D eigenvalue weighted by atomic mass is 32.2. The Morgan fingerprint density at radius 2 is 1.86 bits per heavy atom. The summed E-state index contributed by atoms with van der Waals surface area (Å²) in [7, 11) is -2.31. The van der Waals surface area contributed by atoms with Crippen LogP contribution >= 0.6 is 0 Å². The molecule has 1 amide bonds. The molecule has 0 bridgehead atoms. The van der Waals surface area contributed by atoms with Gasteiger partial charge in [-0.25, -0.2) is 12.8 Å². The van der Waals surface area contributed by atoms with Crippen molar-refractivity contribution in [2.45, 2.75) is 17.7 Å². The number of sulfonamides is 1. The summed E-state index contributed by atoms with van der Waals surface area (Å²) < 4.78 is 41.2. The second kappa shape index (κ2) is 8.70. The SMILES string of the molecule is CN(CCN1CCCC1)C(=O)c1cccc(S(=O)(=O)Nc2ccccc2F)c1. The van der Waals surface area contributed by atoms with Crippen LogP contribution in [0, 0.1) is 5.82 Å². The molecular formula is C20H24FN3O3S. The number of hydrogen-bond donors (Lipinski definition) is 1. The first-order valence-corrected chi connectivity index (χ1v) is 10.7. The molecule has 1 heterocycles. The van der Waals surface area contributed by atoms with Gasteiger partial charge in [-0.05, 0) is 56.3 Å². The third kappa shape index (κ3) is 4.88. The number of para-hydroxylation sites is 1. The van der Waals surface area contributed by atoms with Gasteiger partial charge in [0.1, 0.15) is 5.82 Å². The van der Waals surface area contributed by atoms with Crippen LogP contribution < -0.4 is 4.72 Å². The normalized spacial score (nSPS) is 14.8. The van der Waals surface area contributed by atoms with Gasteiger partial charge in [-0.2, -0.15) is 0 Å². The number of halogens is 1. The molecule has 0 atom stereocenters. The maximum Gasteiger partial charge on any atom is 0.262 e. The lowest BCUT2D eigenvalue weighted by atomic mass is 10.2. The van der Waals surface area contributed by atoms with Gasteiger partial charge in [0.2, 0.25) is 0 Å². The molecule has 0 radical (unpaired) electrons. The Bertz CT molecular complexity index is 943. The lowest BCUT2D eigenvalue weighted by Crippen LogP contribution is -2.35. The van der Waals surface area contributed by atoms with Crippen LogP contribution in [-0.4, -0.2) is 57.4 Å². The molecule has 1 N–H and O–H groups in total. The zero-order valence-electron chi connectivity index (χ0n) is 15.8. The topological polar surface area (TPSA) is 69.7 Å². The van der Waals surface area contributed by atoms with Crippen molar-refractivity contribution in [2.75, 3.05) is 37.9 Å². The highest BCUT2D eigenvalue weighted by Gasteiger charge is 2.20. The van der Waals surface area contributed by atoms with Crippen LogP contribution in [-0.2, 0) is 10.0 Å². The molecule has 1 aliphatic heterocycles. The van der Waals surface area contributed by atoms with Crippen LogP contribution in [0.15, 0.2) is 53.4 Å². The number of benzene rings is 2. The number of amides is 1. The van der Waals surface area contributed by atoms with Crippen molar-refractivity contribution >= 4 is 21.6 Å².